The van der Waals surface area contributed by atoms with Gasteiger partial charge in [-0.15, -0.1) is 0 Å². The number of rotatable bonds is 13. The quantitative estimate of drug-likeness (QED) is 0.552. The molecule has 1 N–H and O–H groups in total. The number of hydrogen-bond acceptors (Lipinski definition) is 4. The molecule has 0 aliphatic carbocycles. The third-order valence-corrected chi connectivity index (χ3v) is 3.73. The predicted octanol–water partition coefficient (Wildman–Crippen LogP) is 1.66. The normalized spacial score (nSPS) is 13.4. The van der Waals surface area contributed by atoms with Crippen LogP contribution in [0.1, 0.15) is 34.1 Å². The third-order valence-electron chi connectivity index (χ3n) is 3.73. The van der Waals surface area contributed by atoms with Gasteiger partial charge >= 0.3 is 0 Å². The van der Waals surface area contributed by atoms with Crippen LogP contribution in [-0.4, -0.2) is 75.4 Å². The van der Waals surface area contributed by atoms with E-state index in [1.807, 2.05) is 0 Å². The topological polar surface area (TPSA) is 27.7 Å². The molecule has 0 rings (SSSR count). The van der Waals surface area contributed by atoms with E-state index >= 15 is 0 Å². The smallest absolute Gasteiger partial charge is 0.0630 e. The molecule has 0 heterocycles. The molecule has 0 amide bonds. The molecule has 0 spiro atoms. The van der Waals surface area contributed by atoms with E-state index in [1.54, 1.807) is 7.11 Å². The molecule has 0 saturated carbocycles. The highest BCUT2D eigenvalue weighted by molar-refractivity contribution is 4.73. The van der Waals surface area contributed by atoms with Gasteiger partial charge in [-0.1, -0.05) is 27.7 Å². The van der Waals surface area contributed by atoms with Gasteiger partial charge in [-0.05, 0) is 45.7 Å². The zero-order valence-electron chi connectivity index (χ0n) is 13.7. The molecule has 0 fully saturated rings. The lowest BCUT2D eigenvalue weighted by atomic mass is 10.2. The fourth-order valence-electron chi connectivity index (χ4n) is 2.43. The average Bonchev–Trinajstić information content (AvgIpc) is 2.44. The van der Waals surface area contributed by atoms with E-state index in [9.17, 15) is 0 Å². The summed E-state index contributed by atoms with van der Waals surface area (Å²) in [6, 6.07) is 0.492. The van der Waals surface area contributed by atoms with Crippen LogP contribution >= 0.6 is 0 Å². The van der Waals surface area contributed by atoms with Crippen molar-refractivity contribution in [2.75, 3.05) is 59.5 Å². The van der Waals surface area contributed by atoms with Crippen molar-refractivity contribution in [3.63, 3.8) is 0 Å². The lowest BCUT2D eigenvalue weighted by molar-refractivity contribution is 0.0895. The predicted molar refractivity (Wildman–Crippen MR) is 83.9 cm³/mol. The van der Waals surface area contributed by atoms with E-state index in [1.165, 1.54) is 13.0 Å². The van der Waals surface area contributed by atoms with Crippen LogP contribution in [0, 0.1) is 0 Å². The maximum absolute atomic E-state index is 5.36. The maximum atomic E-state index is 5.36. The molecule has 0 radical (unpaired) electrons. The van der Waals surface area contributed by atoms with Gasteiger partial charge in [0, 0.05) is 19.7 Å². The first kappa shape index (κ1) is 18.8. The van der Waals surface area contributed by atoms with Crippen molar-refractivity contribution < 1.29 is 4.74 Å². The SMILES string of the molecule is CCNCC(COC)N(CC)CCCN(CC)CC. The van der Waals surface area contributed by atoms with Crippen LogP contribution in [0.4, 0.5) is 0 Å². The second-order valence-electron chi connectivity index (χ2n) is 4.93. The number of likely N-dealkylation sites (N-methyl/N-ethyl adjacent to an activating group) is 2. The maximum Gasteiger partial charge on any atom is 0.0630 e. The largest absolute Gasteiger partial charge is 0.383 e. The number of nitrogens with one attached hydrogen (secondary N) is 1. The van der Waals surface area contributed by atoms with Gasteiger partial charge in [-0.2, -0.15) is 0 Å². The molecule has 19 heavy (non-hydrogen) atoms. The van der Waals surface area contributed by atoms with E-state index in [0.29, 0.717) is 6.04 Å². The Bertz CT molecular complexity index is 186. The zero-order chi connectivity index (χ0) is 14.5. The second-order valence-corrected chi connectivity index (χ2v) is 4.93. The van der Waals surface area contributed by atoms with Crippen molar-refractivity contribution in [2.24, 2.45) is 0 Å². The first-order valence-corrected chi connectivity index (χ1v) is 7.89. The van der Waals surface area contributed by atoms with Crippen LogP contribution in [0.5, 0.6) is 0 Å². The van der Waals surface area contributed by atoms with Crippen LogP contribution in [0.15, 0.2) is 0 Å². The Morgan fingerprint density at radius 2 is 1.68 bits per heavy atom. The van der Waals surface area contributed by atoms with Crippen molar-refractivity contribution >= 4 is 0 Å². The van der Waals surface area contributed by atoms with Crippen LogP contribution in [0.25, 0.3) is 0 Å². The summed E-state index contributed by atoms with van der Waals surface area (Å²) in [6.45, 7) is 17.5. The summed E-state index contributed by atoms with van der Waals surface area (Å²) in [7, 11) is 1.79. The molecule has 0 bridgehead atoms. The van der Waals surface area contributed by atoms with Crippen molar-refractivity contribution in [3.05, 3.63) is 0 Å². The molecule has 0 aliphatic rings. The molecule has 1 atom stereocenters. The minimum Gasteiger partial charge on any atom is -0.383 e. The number of nitrogens with zero attached hydrogens (tertiary/aromatic N) is 2. The van der Waals surface area contributed by atoms with Crippen molar-refractivity contribution in [1.29, 1.82) is 0 Å². The molecule has 0 aromatic carbocycles. The summed E-state index contributed by atoms with van der Waals surface area (Å²) < 4.78 is 5.36. The molecule has 0 aliphatic heterocycles. The fourth-order valence-corrected chi connectivity index (χ4v) is 2.43. The van der Waals surface area contributed by atoms with Crippen LogP contribution in [0.2, 0.25) is 0 Å². The Balaban J connectivity index is 4.11. The molecule has 0 saturated heterocycles. The minimum absolute atomic E-state index is 0.492. The summed E-state index contributed by atoms with van der Waals surface area (Å²) in [5.41, 5.74) is 0. The van der Waals surface area contributed by atoms with Crippen molar-refractivity contribution in [3.8, 4) is 0 Å². The molecular formula is C15H35N3O. The van der Waals surface area contributed by atoms with Gasteiger partial charge in [0.05, 0.1) is 6.61 Å². The molecule has 0 aromatic heterocycles. The summed E-state index contributed by atoms with van der Waals surface area (Å²) in [5.74, 6) is 0. The summed E-state index contributed by atoms with van der Waals surface area (Å²) in [5, 5.41) is 3.44. The molecule has 4 nitrogen and oxygen atoms in total. The van der Waals surface area contributed by atoms with Crippen molar-refractivity contribution in [1.82, 2.24) is 15.1 Å². The Morgan fingerprint density at radius 3 is 2.16 bits per heavy atom. The molecule has 1 unspecified atom stereocenters. The molecule has 116 valence electrons. The Hall–Kier alpha value is -0.160. The highest BCUT2D eigenvalue weighted by atomic mass is 16.5. The van der Waals surface area contributed by atoms with Crippen molar-refractivity contribution in [2.45, 2.75) is 40.2 Å². The van der Waals surface area contributed by atoms with Gasteiger partial charge < -0.3 is 15.0 Å². The number of ether oxygens (including phenoxy) is 1. The first-order valence-electron chi connectivity index (χ1n) is 7.89. The highest BCUT2D eigenvalue weighted by Crippen LogP contribution is 2.02. The molecule has 0 aromatic rings. The Kier molecular flexibility index (Phi) is 12.7. The van der Waals surface area contributed by atoms with Gasteiger partial charge in [0.15, 0.2) is 0 Å². The Morgan fingerprint density at radius 1 is 1.00 bits per heavy atom. The standard InChI is InChI=1S/C15H35N3O/c1-6-16-13-15(14-19-5)18(9-4)12-10-11-17(7-2)8-3/h15-16H,6-14H2,1-5H3. The summed E-state index contributed by atoms with van der Waals surface area (Å²) in [6.07, 6.45) is 1.24. The van der Waals surface area contributed by atoms with E-state index in [2.05, 4.69) is 42.8 Å². The highest BCUT2D eigenvalue weighted by Gasteiger charge is 2.16. The number of hydrogen-bond donors (Lipinski definition) is 1. The monoisotopic (exact) mass is 273 g/mol. The van der Waals surface area contributed by atoms with E-state index < -0.39 is 0 Å². The van der Waals surface area contributed by atoms with E-state index in [4.69, 9.17) is 4.74 Å². The van der Waals surface area contributed by atoms with Gasteiger partial charge in [0.2, 0.25) is 0 Å². The molecule has 4 heteroatoms. The summed E-state index contributed by atoms with van der Waals surface area (Å²) >= 11 is 0. The van der Waals surface area contributed by atoms with Gasteiger partial charge in [0.25, 0.3) is 0 Å². The third kappa shape index (κ3) is 8.58. The Labute approximate surface area is 120 Å². The van der Waals surface area contributed by atoms with Crippen LogP contribution < -0.4 is 5.32 Å². The molecular weight excluding hydrogens is 238 g/mol. The number of methoxy groups -OCH3 is 1. The van der Waals surface area contributed by atoms with Gasteiger partial charge in [-0.3, -0.25) is 4.90 Å². The lowest BCUT2D eigenvalue weighted by Crippen LogP contribution is -2.46. The first-order chi connectivity index (χ1) is 9.23. The zero-order valence-corrected chi connectivity index (χ0v) is 13.7. The van der Waals surface area contributed by atoms with Crippen LogP contribution in [0.3, 0.4) is 0 Å². The van der Waals surface area contributed by atoms with E-state index in [-0.39, 0.29) is 0 Å². The average molecular weight is 273 g/mol. The summed E-state index contributed by atoms with van der Waals surface area (Å²) in [4.78, 5) is 5.03. The minimum atomic E-state index is 0.492. The fraction of sp³-hybridized carbons (Fsp3) is 1.00. The van der Waals surface area contributed by atoms with E-state index in [0.717, 1.165) is 45.9 Å². The van der Waals surface area contributed by atoms with Gasteiger partial charge in [-0.25, -0.2) is 0 Å². The van der Waals surface area contributed by atoms with Gasteiger partial charge in [0.1, 0.15) is 0 Å². The van der Waals surface area contributed by atoms with Crippen LogP contribution in [-0.2, 0) is 4.74 Å². The lowest BCUT2D eigenvalue weighted by Gasteiger charge is -2.31. The second kappa shape index (κ2) is 12.9.